The predicted molar refractivity (Wildman–Crippen MR) is 86.3 cm³/mol. The third-order valence-corrected chi connectivity index (χ3v) is 4.16. The third-order valence-electron chi connectivity index (χ3n) is 4.16. The molecular weight excluding hydrogens is 260 g/mol. The monoisotopic (exact) mass is 282 g/mol. The van der Waals surface area contributed by atoms with E-state index in [-0.39, 0.29) is 5.91 Å². The molecule has 1 amide bonds. The molecule has 0 bridgehead atoms. The fourth-order valence-corrected chi connectivity index (χ4v) is 2.91. The first-order valence-corrected chi connectivity index (χ1v) is 7.79. The topological polar surface area (TPSA) is 41.1 Å². The quantitative estimate of drug-likeness (QED) is 0.885. The lowest BCUT2D eigenvalue weighted by Gasteiger charge is -2.11. The molecule has 0 radical (unpaired) electrons. The van der Waals surface area contributed by atoms with E-state index in [2.05, 4.69) is 41.0 Å². The van der Waals surface area contributed by atoms with Crippen LogP contribution in [0, 0.1) is 0 Å². The molecule has 2 aromatic carbocycles. The molecule has 21 heavy (non-hydrogen) atoms. The summed E-state index contributed by atoms with van der Waals surface area (Å²) in [6.45, 7) is 1.84. The summed E-state index contributed by atoms with van der Waals surface area (Å²) in [5.41, 5.74) is 1.22. The van der Waals surface area contributed by atoms with Crippen molar-refractivity contribution < 1.29 is 4.79 Å². The number of aryl methyl sites for hydroxylation is 1. The largest absolute Gasteiger partial charge is 0.355 e. The highest BCUT2D eigenvalue weighted by atomic mass is 16.1. The van der Waals surface area contributed by atoms with Gasteiger partial charge in [0.1, 0.15) is 0 Å². The molecule has 3 nitrogen and oxygen atoms in total. The Morgan fingerprint density at radius 2 is 2.05 bits per heavy atom. The molecule has 0 aromatic heterocycles. The Kier molecular flexibility index (Phi) is 4.51. The van der Waals surface area contributed by atoms with Crippen LogP contribution in [0.25, 0.3) is 10.8 Å². The number of benzene rings is 2. The van der Waals surface area contributed by atoms with Gasteiger partial charge in [0.05, 0.1) is 0 Å². The van der Waals surface area contributed by atoms with Crippen molar-refractivity contribution in [3.8, 4) is 0 Å². The van der Waals surface area contributed by atoms with Crippen LogP contribution >= 0.6 is 0 Å². The van der Waals surface area contributed by atoms with Gasteiger partial charge in [-0.25, -0.2) is 0 Å². The molecular formula is C18H22N2O. The smallest absolute Gasteiger partial charge is 0.220 e. The number of hydrogen-bond donors (Lipinski definition) is 2. The second-order valence-corrected chi connectivity index (χ2v) is 5.78. The SMILES string of the molecule is O=C(CCc1ccc2ccccc2c1)NCC1CCCN1. The van der Waals surface area contributed by atoms with Crippen molar-refractivity contribution in [3.63, 3.8) is 0 Å². The molecule has 1 heterocycles. The first kappa shape index (κ1) is 14.1. The van der Waals surface area contributed by atoms with Gasteiger partial charge in [0, 0.05) is 19.0 Å². The summed E-state index contributed by atoms with van der Waals surface area (Å²) in [6, 6.07) is 15.2. The minimum Gasteiger partial charge on any atom is -0.355 e. The van der Waals surface area contributed by atoms with Crippen molar-refractivity contribution in [2.45, 2.75) is 31.7 Å². The summed E-state index contributed by atoms with van der Waals surface area (Å²) in [5, 5.41) is 8.91. The molecule has 3 rings (SSSR count). The van der Waals surface area contributed by atoms with E-state index in [1.807, 2.05) is 12.1 Å². The number of amides is 1. The minimum absolute atomic E-state index is 0.150. The van der Waals surface area contributed by atoms with Crippen LogP contribution in [-0.4, -0.2) is 25.0 Å². The van der Waals surface area contributed by atoms with Crippen LogP contribution in [0.1, 0.15) is 24.8 Å². The lowest BCUT2D eigenvalue weighted by atomic mass is 10.0. The standard InChI is InChI=1S/C18H22N2O/c21-18(20-13-17-6-3-11-19-17)10-8-14-7-9-15-4-1-2-5-16(15)12-14/h1-2,4-5,7,9,12,17,19H,3,6,8,10-11,13H2,(H,20,21). The lowest BCUT2D eigenvalue weighted by molar-refractivity contribution is -0.121. The Morgan fingerprint density at radius 3 is 2.86 bits per heavy atom. The summed E-state index contributed by atoms with van der Waals surface area (Å²) in [6.07, 6.45) is 3.75. The number of hydrogen-bond acceptors (Lipinski definition) is 2. The van der Waals surface area contributed by atoms with E-state index < -0.39 is 0 Å². The van der Waals surface area contributed by atoms with Gasteiger partial charge in [0.15, 0.2) is 0 Å². The molecule has 110 valence electrons. The van der Waals surface area contributed by atoms with Crippen molar-refractivity contribution in [1.29, 1.82) is 0 Å². The van der Waals surface area contributed by atoms with E-state index in [0.29, 0.717) is 12.5 Å². The van der Waals surface area contributed by atoms with E-state index in [4.69, 9.17) is 0 Å². The normalized spacial score (nSPS) is 18.0. The number of nitrogens with one attached hydrogen (secondary N) is 2. The van der Waals surface area contributed by atoms with Crippen LogP contribution in [0.5, 0.6) is 0 Å². The summed E-state index contributed by atoms with van der Waals surface area (Å²) in [4.78, 5) is 11.9. The van der Waals surface area contributed by atoms with Crippen LogP contribution < -0.4 is 10.6 Å². The van der Waals surface area contributed by atoms with Crippen LogP contribution in [0.4, 0.5) is 0 Å². The molecule has 1 saturated heterocycles. The van der Waals surface area contributed by atoms with Crippen LogP contribution in [0.2, 0.25) is 0 Å². The van der Waals surface area contributed by atoms with Gasteiger partial charge in [0.2, 0.25) is 5.91 Å². The second-order valence-electron chi connectivity index (χ2n) is 5.78. The molecule has 1 atom stereocenters. The highest BCUT2D eigenvalue weighted by molar-refractivity contribution is 5.83. The summed E-state index contributed by atoms with van der Waals surface area (Å²) in [5.74, 6) is 0.150. The van der Waals surface area contributed by atoms with E-state index in [0.717, 1.165) is 19.5 Å². The third kappa shape index (κ3) is 3.82. The maximum atomic E-state index is 11.9. The van der Waals surface area contributed by atoms with Crippen molar-refractivity contribution >= 4 is 16.7 Å². The maximum Gasteiger partial charge on any atom is 0.220 e. The van der Waals surface area contributed by atoms with Crippen LogP contribution in [0.3, 0.4) is 0 Å². The van der Waals surface area contributed by atoms with Crippen molar-refractivity contribution in [2.24, 2.45) is 0 Å². The Labute approximate surface area is 125 Å². The minimum atomic E-state index is 0.150. The van der Waals surface area contributed by atoms with Gasteiger partial charge in [0.25, 0.3) is 0 Å². The number of rotatable bonds is 5. The average Bonchev–Trinajstić information content (AvgIpc) is 3.04. The molecule has 2 N–H and O–H groups in total. The predicted octanol–water partition coefficient (Wildman–Crippen LogP) is 2.64. The highest BCUT2D eigenvalue weighted by Crippen LogP contribution is 2.16. The fraction of sp³-hybridized carbons (Fsp3) is 0.389. The van der Waals surface area contributed by atoms with E-state index in [1.165, 1.54) is 29.2 Å². The second kappa shape index (κ2) is 6.72. The van der Waals surface area contributed by atoms with Gasteiger partial charge in [-0.2, -0.15) is 0 Å². The zero-order valence-electron chi connectivity index (χ0n) is 12.3. The zero-order valence-corrected chi connectivity index (χ0v) is 12.3. The fourth-order valence-electron chi connectivity index (χ4n) is 2.91. The Balaban J connectivity index is 1.49. The lowest BCUT2D eigenvalue weighted by Crippen LogP contribution is -2.37. The van der Waals surface area contributed by atoms with Gasteiger partial charge >= 0.3 is 0 Å². The maximum absolute atomic E-state index is 11.9. The molecule has 1 unspecified atom stereocenters. The van der Waals surface area contributed by atoms with Crippen molar-refractivity contribution in [1.82, 2.24) is 10.6 Å². The molecule has 0 saturated carbocycles. The first-order valence-electron chi connectivity index (χ1n) is 7.79. The summed E-state index contributed by atoms with van der Waals surface area (Å²) < 4.78 is 0. The van der Waals surface area contributed by atoms with Gasteiger partial charge in [-0.1, -0.05) is 42.5 Å². The molecule has 0 aliphatic carbocycles. The molecule has 3 heteroatoms. The molecule has 0 spiro atoms. The number of carbonyl (C=O) groups is 1. The van der Waals surface area contributed by atoms with Gasteiger partial charge in [-0.15, -0.1) is 0 Å². The van der Waals surface area contributed by atoms with Crippen LogP contribution in [0.15, 0.2) is 42.5 Å². The Hall–Kier alpha value is -1.87. The zero-order chi connectivity index (χ0) is 14.5. The number of carbonyl (C=O) groups excluding carboxylic acids is 1. The summed E-state index contributed by atoms with van der Waals surface area (Å²) in [7, 11) is 0. The van der Waals surface area contributed by atoms with E-state index in [9.17, 15) is 4.79 Å². The van der Waals surface area contributed by atoms with Gasteiger partial charge in [-0.3, -0.25) is 4.79 Å². The molecule has 1 fully saturated rings. The molecule has 1 aliphatic rings. The Bertz CT molecular complexity index is 617. The average molecular weight is 282 g/mol. The number of fused-ring (bicyclic) bond motifs is 1. The molecule has 2 aromatic rings. The molecule has 1 aliphatic heterocycles. The van der Waals surface area contributed by atoms with Gasteiger partial charge < -0.3 is 10.6 Å². The van der Waals surface area contributed by atoms with E-state index in [1.54, 1.807) is 0 Å². The van der Waals surface area contributed by atoms with Gasteiger partial charge in [-0.05, 0) is 42.1 Å². The summed E-state index contributed by atoms with van der Waals surface area (Å²) >= 11 is 0. The first-order chi connectivity index (χ1) is 10.3. The van der Waals surface area contributed by atoms with Crippen molar-refractivity contribution in [3.05, 3.63) is 48.0 Å². The van der Waals surface area contributed by atoms with Crippen LogP contribution in [-0.2, 0) is 11.2 Å². The highest BCUT2D eigenvalue weighted by Gasteiger charge is 2.14. The van der Waals surface area contributed by atoms with E-state index >= 15 is 0 Å². The Morgan fingerprint density at radius 1 is 1.19 bits per heavy atom. The van der Waals surface area contributed by atoms with Crippen molar-refractivity contribution in [2.75, 3.05) is 13.1 Å².